The summed E-state index contributed by atoms with van der Waals surface area (Å²) in [6, 6.07) is 0. The van der Waals surface area contributed by atoms with E-state index >= 15 is 0 Å². The van der Waals surface area contributed by atoms with Crippen LogP contribution in [0.4, 0.5) is 13.2 Å². The van der Waals surface area contributed by atoms with Gasteiger partial charge in [-0.25, -0.2) is 9.97 Å². The first-order valence-corrected chi connectivity index (χ1v) is 3.02. The van der Waals surface area contributed by atoms with Crippen molar-refractivity contribution in [1.82, 2.24) is 9.97 Å². The van der Waals surface area contributed by atoms with Gasteiger partial charge in [0, 0.05) is 0 Å². The van der Waals surface area contributed by atoms with E-state index in [2.05, 4.69) is 14.7 Å². The Labute approximate surface area is 66.2 Å². The van der Waals surface area contributed by atoms with Gasteiger partial charge in [0.1, 0.15) is 6.33 Å². The van der Waals surface area contributed by atoms with E-state index < -0.39 is 12.8 Å². The van der Waals surface area contributed by atoms with Crippen LogP contribution < -0.4 is 4.74 Å². The van der Waals surface area contributed by atoms with Gasteiger partial charge < -0.3 is 4.74 Å². The lowest BCUT2D eigenvalue weighted by molar-refractivity contribution is -0.153. The predicted molar refractivity (Wildman–Crippen MR) is 33.6 cm³/mol. The number of hydrogen-bond acceptors (Lipinski definition) is 3. The molecular formula is C6H5F3N2O. The molecule has 0 aliphatic rings. The van der Waals surface area contributed by atoms with Crippen LogP contribution in [0.15, 0.2) is 18.7 Å². The molecule has 0 atom stereocenters. The van der Waals surface area contributed by atoms with Gasteiger partial charge in [0.25, 0.3) is 0 Å². The fraction of sp³-hybridized carbons (Fsp3) is 0.333. The van der Waals surface area contributed by atoms with Crippen molar-refractivity contribution in [3.8, 4) is 5.75 Å². The fourth-order valence-electron chi connectivity index (χ4n) is 0.525. The number of aromatic nitrogens is 2. The minimum Gasteiger partial charge on any atom is -0.481 e. The summed E-state index contributed by atoms with van der Waals surface area (Å²) in [5, 5.41) is 0. The van der Waals surface area contributed by atoms with E-state index in [-0.39, 0.29) is 5.75 Å². The summed E-state index contributed by atoms with van der Waals surface area (Å²) in [7, 11) is 0. The van der Waals surface area contributed by atoms with Crippen molar-refractivity contribution in [2.45, 2.75) is 6.18 Å². The Balaban J connectivity index is 2.44. The van der Waals surface area contributed by atoms with Gasteiger partial charge in [0.2, 0.25) is 0 Å². The molecule has 1 aromatic heterocycles. The van der Waals surface area contributed by atoms with Gasteiger partial charge in [-0.15, -0.1) is 0 Å². The summed E-state index contributed by atoms with van der Waals surface area (Å²) in [6.45, 7) is -1.32. The number of ether oxygens (including phenoxy) is 1. The quantitative estimate of drug-likeness (QED) is 0.686. The van der Waals surface area contributed by atoms with Gasteiger partial charge in [-0.1, -0.05) is 0 Å². The van der Waals surface area contributed by atoms with E-state index in [4.69, 9.17) is 0 Å². The molecule has 0 spiro atoms. The molecule has 1 aromatic rings. The lowest BCUT2D eigenvalue weighted by Gasteiger charge is -2.07. The van der Waals surface area contributed by atoms with Crippen LogP contribution in [0.2, 0.25) is 0 Å². The Morgan fingerprint density at radius 3 is 2.33 bits per heavy atom. The van der Waals surface area contributed by atoms with Crippen molar-refractivity contribution in [3.05, 3.63) is 18.7 Å². The molecule has 0 radical (unpaired) electrons. The van der Waals surface area contributed by atoms with Crippen molar-refractivity contribution >= 4 is 0 Å². The van der Waals surface area contributed by atoms with E-state index in [1.807, 2.05) is 0 Å². The minimum atomic E-state index is -4.32. The SMILES string of the molecule is FC(F)(F)COc1cncnc1. The highest BCUT2D eigenvalue weighted by atomic mass is 19.4. The zero-order valence-corrected chi connectivity index (χ0v) is 5.88. The number of nitrogens with zero attached hydrogens (tertiary/aromatic N) is 2. The van der Waals surface area contributed by atoms with Crippen LogP contribution in [-0.2, 0) is 0 Å². The maximum absolute atomic E-state index is 11.6. The van der Waals surface area contributed by atoms with E-state index in [9.17, 15) is 13.2 Å². The Kier molecular flexibility index (Phi) is 2.47. The standard InChI is InChI=1S/C6H5F3N2O/c7-6(8,9)3-12-5-1-10-4-11-2-5/h1-2,4H,3H2. The number of rotatable bonds is 2. The smallest absolute Gasteiger partial charge is 0.422 e. The lowest BCUT2D eigenvalue weighted by atomic mass is 10.6. The molecule has 0 N–H and O–H groups in total. The van der Waals surface area contributed by atoms with Crippen molar-refractivity contribution in [2.24, 2.45) is 0 Å². The molecule has 0 amide bonds. The molecule has 0 aromatic carbocycles. The van der Waals surface area contributed by atoms with Crippen LogP contribution in [0.1, 0.15) is 0 Å². The number of halogens is 3. The summed E-state index contributed by atoms with van der Waals surface area (Å²) >= 11 is 0. The first kappa shape index (κ1) is 8.76. The highest BCUT2D eigenvalue weighted by Gasteiger charge is 2.28. The van der Waals surface area contributed by atoms with Crippen LogP contribution >= 0.6 is 0 Å². The summed E-state index contributed by atoms with van der Waals surface area (Å²) < 4.78 is 39.0. The second kappa shape index (κ2) is 3.38. The van der Waals surface area contributed by atoms with Gasteiger partial charge >= 0.3 is 6.18 Å². The van der Waals surface area contributed by atoms with Crippen LogP contribution in [0.25, 0.3) is 0 Å². The maximum Gasteiger partial charge on any atom is 0.422 e. The van der Waals surface area contributed by atoms with Gasteiger partial charge in [0.05, 0.1) is 12.4 Å². The second-order valence-electron chi connectivity index (χ2n) is 1.98. The summed E-state index contributed by atoms with van der Waals surface area (Å²) in [6.07, 6.45) is -0.784. The first-order chi connectivity index (χ1) is 5.58. The van der Waals surface area contributed by atoms with Crippen LogP contribution in [-0.4, -0.2) is 22.8 Å². The minimum absolute atomic E-state index is 0.00910. The largest absolute Gasteiger partial charge is 0.481 e. The van der Waals surface area contributed by atoms with Gasteiger partial charge in [-0.05, 0) is 0 Å². The Morgan fingerprint density at radius 1 is 1.25 bits per heavy atom. The third-order valence-corrected chi connectivity index (χ3v) is 0.939. The van der Waals surface area contributed by atoms with Crippen molar-refractivity contribution in [3.63, 3.8) is 0 Å². The van der Waals surface area contributed by atoms with Crippen molar-refractivity contribution in [1.29, 1.82) is 0 Å². The van der Waals surface area contributed by atoms with Crippen molar-refractivity contribution < 1.29 is 17.9 Å². The fourth-order valence-corrected chi connectivity index (χ4v) is 0.525. The second-order valence-corrected chi connectivity index (χ2v) is 1.98. The monoisotopic (exact) mass is 178 g/mol. The first-order valence-electron chi connectivity index (χ1n) is 3.02. The molecule has 0 saturated heterocycles. The van der Waals surface area contributed by atoms with Gasteiger partial charge in [0.15, 0.2) is 12.4 Å². The average molecular weight is 178 g/mol. The number of hydrogen-bond donors (Lipinski definition) is 0. The highest BCUT2D eigenvalue weighted by Crippen LogP contribution is 2.16. The molecule has 12 heavy (non-hydrogen) atoms. The molecule has 0 fully saturated rings. The lowest BCUT2D eigenvalue weighted by Crippen LogP contribution is -2.19. The molecular weight excluding hydrogens is 173 g/mol. The topological polar surface area (TPSA) is 35.0 Å². The molecule has 1 heterocycles. The molecule has 66 valence electrons. The van der Waals surface area contributed by atoms with E-state index in [0.29, 0.717) is 0 Å². The molecule has 3 nitrogen and oxygen atoms in total. The highest BCUT2D eigenvalue weighted by molar-refractivity contribution is 5.09. The molecule has 6 heteroatoms. The summed E-state index contributed by atoms with van der Waals surface area (Å²) in [5.74, 6) is 0.00910. The van der Waals surface area contributed by atoms with E-state index in [0.717, 1.165) is 0 Å². The van der Waals surface area contributed by atoms with Crippen LogP contribution in [0, 0.1) is 0 Å². The van der Waals surface area contributed by atoms with Crippen molar-refractivity contribution in [2.75, 3.05) is 6.61 Å². The number of alkyl halides is 3. The average Bonchev–Trinajstić information content (AvgIpc) is 2.02. The molecule has 0 aliphatic carbocycles. The zero-order valence-electron chi connectivity index (χ0n) is 5.88. The molecule has 0 saturated carbocycles. The van der Waals surface area contributed by atoms with Gasteiger partial charge in [-0.3, -0.25) is 0 Å². The summed E-state index contributed by atoms with van der Waals surface area (Å²) in [5.41, 5.74) is 0. The molecule has 1 rings (SSSR count). The third kappa shape index (κ3) is 3.18. The van der Waals surface area contributed by atoms with Crippen LogP contribution in [0.5, 0.6) is 5.75 Å². The molecule has 0 aliphatic heterocycles. The van der Waals surface area contributed by atoms with Gasteiger partial charge in [-0.2, -0.15) is 13.2 Å². The molecule has 0 bridgehead atoms. The Hall–Kier alpha value is -1.33. The maximum atomic E-state index is 11.6. The Bertz CT molecular complexity index is 236. The van der Waals surface area contributed by atoms with Crippen LogP contribution in [0.3, 0.4) is 0 Å². The summed E-state index contributed by atoms with van der Waals surface area (Å²) in [4.78, 5) is 6.96. The van der Waals surface area contributed by atoms with E-state index in [1.54, 1.807) is 0 Å². The molecule has 0 unspecified atom stereocenters. The predicted octanol–water partition coefficient (Wildman–Crippen LogP) is 1.42. The van der Waals surface area contributed by atoms with E-state index in [1.165, 1.54) is 18.7 Å². The normalized spacial score (nSPS) is 11.2. The zero-order chi connectivity index (χ0) is 9.03. The third-order valence-electron chi connectivity index (χ3n) is 0.939. The Morgan fingerprint density at radius 2 is 1.83 bits per heavy atom.